The third-order valence-electron chi connectivity index (χ3n) is 4.03. The van der Waals surface area contributed by atoms with Gasteiger partial charge in [0.2, 0.25) is 0 Å². The molecule has 6 nitrogen and oxygen atoms in total. The topological polar surface area (TPSA) is 92.7 Å². The van der Waals surface area contributed by atoms with Gasteiger partial charge in [-0.15, -0.1) is 0 Å². The number of phenolic OH excluding ortho intramolecular Hbond substituents is 1. The minimum Gasteiger partial charge on any atom is -0.506 e. The van der Waals surface area contributed by atoms with Crippen LogP contribution >= 0.6 is 0 Å². The molecule has 144 valence electrons. The Bertz CT molecular complexity index is 1090. The summed E-state index contributed by atoms with van der Waals surface area (Å²) in [4.78, 5) is 12.6. The molecule has 0 aliphatic heterocycles. The first kappa shape index (κ1) is 19.4. The number of amides is 1. The summed E-state index contributed by atoms with van der Waals surface area (Å²) < 4.78 is 29.8. The number of rotatable bonds is 6. The van der Waals surface area contributed by atoms with Gasteiger partial charge in [-0.05, 0) is 48.5 Å². The number of hydrogen-bond acceptors (Lipinski definition) is 5. The van der Waals surface area contributed by atoms with E-state index in [0.29, 0.717) is 17.1 Å². The number of aromatic hydroxyl groups is 1. The lowest BCUT2D eigenvalue weighted by Gasteiger charge is -2.11. The maximum Gasteiger partial charge on any atom is 0.255 e. The normalized spacial score (nSPS) is 11.0. The molecule has 7 heteroatoms. The quantitative estimate of drug-likeness (QED) is 0.607. The predicted octanol–water partition coefficient (Wildman–Crippen LogP) is 4.23. The Hall–Kier alpha value is -3.32. The number of carbonyl (C=O) groups is 1. The fourth-order valence-electron chi connectivity index (χ4n) is 2.50. The first-order valence-electron chi connectivity index (χ1n) is 8.59. The zero-order chi connectivity index (χ0) is 20.1. The van der Waals surface area contributed by atoms with Gasteiger partial charge in [-0.3, -0.25) is 4.79 Å². The van der Waals surface area contributed by atoms with Gasteiger partial charge in [-0.1, -0.05) is 31.2 Å². The van der Waals surface area contributed by atoms with Gasteiger partial charge in [0.1, 0.15) is 17.2 Å². The van der Waals surface area contributed by atoms with E-state index < -0.39 is 15.7 Å². The zero-order valence-corrected chi connectivity index (χ0v) is 15.9. The van der Waals surface area contributed by atoms with Crippen molar-refractivity contribution in [2.75, 3.05) is 11.1 Å². The highest BCUT2D eigenvalue weighted by Crippen LogP contribution is 2.28. The second-order valence-corrected chi connectivity index (χ2v) is 8.26. The smallest absolute Gasteiger partial charge is 0.255 e. The molecular weight excluding hydrogens is 378 g/mol. The summed E-state index contributed by atoms with van der Waals surface area (Å²) in [5.41, 5.74) is 0.325. The fraction of sp³-hybridized carbons (Fsp3) is 0.0952. The molecular formula is C21H19NO5S. The van der Waals surface area contributed by atoms with Crippen LogP contribution in [-0.4, -0.2) is 25.2 Å². The summed E-state index contributed by atoms with van der Waals surface area (Å²) in [6.07, 6.45) is 0. The Balaban J connectivity index is 1.82. The standard InChI is InChI=1S/C21H19NO5S/c1-2-28(25,26)18-11-12-20(23)19(14-18)22-21(24)15-7-6-10-17(13-15)27-16-8-4-3-5-9-16/h3-14,23H,2H2,1H3,(H,22,24). The van der Waals surface area contributed by atoms with Gasteiger partial charge < -0.3 is 15.2 Å². The van der Waals surface area contributed by atoms with Crippen LogP contribution in [0.4, 0.5) is 5.69 Å². The summed E-state index contributed by atoms with van der Waals surface area (Å²) in [5.74, 6) is 0.310. The molecule has 0 aliphatic rings. The van der Waals surface area contributed by atoms with Crippen LogP contribution in [-0.2, 0) is 9.84 Å². The highest BCUT2D eigenvalue weighted by Gasteiger charge is 2.16. The molecule has 28 heavy (non-hydrogen) atoms. The Labute approximate surface area is 163 Å². The van der Waals surface area contributed by atoms with Crippen molar-refractivity contribution in [2.24, 2.45) is 0 Å². The molecule has 2 N–H and O–H groups in total. The van der Waals surface area contributed by atoms with Crippen molar-refractivity contribution in [3.63, 3.8) is 0 Å². The van der Waals surface area contributed by atoms with Gasteiger partial charge in [0.25, 0.3) is 5.91 Å². The summed E-state index contributed by atoms with van der Waals surface area (Å²) in [7, 11) is -3.46. The van der Waals surface area contributed by atoms with Crippen molar-refractivity contribution < 1.29 is 23.1 Å². The van der Waals surface area contributed by atoms with E-state index in [-0.39, 0.29) is 22.1 Å². The van der Waals surface area contributed by atoms with Crippen LogP contribution < -0.4 is 10.1 Å². The molecule has 0 heterocycles. The molecule has 3 aromatic carbocycles. The fourth-order valence-corrected chi connectivity index (χ4v) is 3.40. The molecule has 0 saturated carbocycles. The molecule has 0 unspecified atom stereocenters. The maximum atomic E-state index is 12.6. The van der Waals surface area contributed by atoms with Crippen molar-refractivity contribution in [3.05, 3.63) is 78.4 Å². The number of nitrogens with one attached hydrogen (secondary N) is 1. The molecule has 0 saturated heterocycles. The van der Waals surface area contributed by atoms with Crippen molar-refractivity contribution in [2.45, 2.75) is 11.8 Å². The van der Waals surface area contributed by atoms with Gasteiger partial charge >= 0.3 is 0 Å². The minimum absolute atomic E-state index is 0.0221. The van der Waals surface area contributed by atoms with E-state index >= 15 is 0 Å². The van der Waals surface area contributed by atoms with E-state index in [2.05, 4.69) is 5.32 Å². The molecule has 0 aliphatic carbocycles. The summed E-state index contributed by atoms with van der Waals surface area (Å²) in [6, 6.07) is 19.5. The molecule has 0 fully saturated rings. The van der Waals surface area contributed by atoms with Crippen LogP contribution in [0.2, 0.25) is 0 Å². The van der Waals surface area contributed by atoms with Crippen molar-refractivity contribution in [3.8, 4) is 17.2 Å². The maximum absolute atomic E-state index is 12.6. The second-order valence-electron chi connectivity index (χ2n) is 5.98. The van der Waals surface area contributed by atoms with Crippen molar-refractivity contribution >= 4 is 21.4 Å². The average Bonchev–Trinajstić information content (AvgIpc) is 2.70. The second kappa shape index (κ2) is 8.14. The summed E-state index contributed by atoms with van der Waals surface area (Å²) in [5, 5.41) is 12.5. The molecule has 1 amide bonds. The Morgan fingerprint density at radius 2 is 1.68 bits per heavy atom. The SMILES string of the molecule is CCS(=O)(=O)c1ccc(O)c(NC(=O)c2cccc(Oc3ccccc3)c2)c1. The van der Waals surface area contributed by atoms with E-state index in [4.69, 9.17) is 4.74 Å². The third kappa shape index (κ3) is 4.50. The molecule has 0 bridgehead atoms. The van der Waals surface area contributed by atoms with Gasteiger partial charge in [0, 0.05) is 5.56 Å². The first-order chi connectivity index (χ1) is 13.4. The number of benzene rings is 3. The van der Waals surface area contributed by atoms with E-state index in [1.54, 1.807) is 36.4 Å². The minimum atomic E-state index is -3.46. The van der Waals surface area contributed by atoms with Crippen molar-refractivity contribution in [1.82, 2.24) is 0 Å². The Kier molecular flexibility index (Phi) is 5.65. The number of phenols is 1. The Morgan fingerprint density at radius 3 is 2.39 bits per heavy atom. The zero-order valence-electron chi connectivity index (χ0n) is 15.1. The molecule has 3 rings (SSSR count). The van der Waals surface area contributed by atoms with Crippen LogP contribution in [0.1, 0.15) is 17.3 Å². The van der Waals surface area contributed by atoms with E-state index in [9.17, 15) is 18.3 Å². The number of hydrogen-bond donors (Lipinski definition) is 2. The van der Waals surface area contributed by atoms with E-state index in [1.165, 1.54) is 25.1 Å². The average molecular weight is 397 g/mol. The summed E-state index contributed by atoms with van der Waals surface area (Å²) in [6.45, 7) is 1.53. The van der Waals surface area contributed by atoms with E-state index in [1.807, 2.05) is 18.2 Å². The molecule has 3 aromatic rings. The van der Waals surface area contributed by atoms with Crippen LogP contribution in [0.3, 0.4) is 0 Å². The van der Waals surface area contributed by atoms with Gasteiger partial charge in [0.05, 0.1) is 16.3 Å². The molecule has 0 spiro atoms. The van der Waals surface area contributed by atoms with Crippen LogP contribution in [0.15, 0.2) is 77.7 Å². The number of para-hydroxylation sites is 1. The third-order valence-corrected chi connectivity index (χ3v) is 5.76. The number of ether oxygens (including phenoxy) is 1. The van der Waals surface area contributed by atoms with E-state index in [0.717, 1.165) is 0 Å². The predicted molar refractivity (Wildman–Crippen MR) is 107 cm³/mol. The number of anilines is 1. The largest absolute Gasteiger partial charge is 0.506 e. The number of carbonyl (C=O) groups excluding carboxylic acids is 1. The first-order valence-corrected chi connectivity index (χ1v) is 10.2. The van der Waals surface area contributed by atoms with Gasteiger partial charge in [0.15, 0.2) is 9.84 Å². The molecule has 0 aromatic heterocycles. The lowest BCUT2D eigenvalue weighted by atomic mass is 10.2. The number of sulfone groups is 1. The van der Waals surface area contributed by atoms with Gasteiger partial charge in [-0.25, -0.2) is 8.42 Å². The summed E-state index contributed by atoms with van der Waals surface area (Å²) >= 11 is 0. The highest BCUT2D eigenvalue weighted by molar-refractivity contribution is 7.91. The van der Waals surface area contributed by atoms with Gasteiger partial charge in [-0.2, -0.15) is 0 Å². The monoisotopic (exact) mass is 397 g/mol. The molecule has 0 radical (unpaired) electrons. The Morgan fingerprint density at radius 1 is 0.964 bits per heavy atom. The molecule has 0 atom stereocenters. The highest BCUT2D eigenvalue weighted by atomic mass is 32.2. The lowest BCUT2D eigenvalue weighted by molar-refractivity contribution is 0.102. The van der Waals surface area contributed by atoms with Crippen LogP contribution in [0.5, 0.6) is 17.2 Å². The lowest BCUT2D eigenvalue weighted by Crippen LogP contribution is -2.13. The van der Waals surface area contributed by atoms with Crippen LogP contribution in [0.25, 0.3) is 0 Å². The van der Waals surface area contributed by atoms with Crippen LogP contribution in [0, 0.1) is 0 Å². The van der Waals surface area contributed by atoms with Crippen molar-refractivity contribution in [1.29, 1.82) is 0 Å².